The standard InChI is InChI=1S/C15H27NS/c1-5-9-16-11-14(15(2,3)4)7-6-13-8-10-17-12-13/h8,10,12,14,16H,5-7,9,11H2,1-4H3. The summed E-state index contributed by atoms with van der Waals surface area (Å²) in [7, 11) is 0. The maximum atomic E-state index is 3.57. The normalized spacial score (nSPS) is 13.9. The predicted molar refractivity (Wildman–Crippen MR) is 78.7 cm³/mol. The molecule has 0 amide bonds. The smallest absolute Gasteiger partial charge is 0.00154 e. The molecule has 1 aromatic rings. The molecule has 2 heteroatoms. The number of thiophene rings is 1. The third-order valence-corrected chi connectivity index (χ3v) is 4.14. The van der Waals surface area contributed by atoms with Crippen LogP contribution in [0.25, 0.3) is 0 Å². The number of rotatable bonds is 7. The minimum atomic E-state index is 0.400. The Labute approximate surface area is 111 Å². The molecule has 0 spiro atoms. The van der Waals surface area contributed by atoms with Crippen molar-refractivity contribution in [3.8, 4) is 0 Å². The van der Waals surface area contributed by atoms with Crippen molar-refractivity contribution in [2.45, 2.75) is 47.0 Å². The van der Waals surface area contributed by atoms with Crippen molar-refractivity contribution in [1.29, 1.82) is 0 Å². The van der Waals surface area contributed by atoms with E-state index >= 15 is 0 Å². The summed E-state index contributed by atoms with van der Waals surface area (Å²) in [6, 6.07) is 2.25. The fourth-order valence-corrected chi connectivity index (χ4v) is 2.77. The van der Waals surface area contributed by atoms with E-state index in [2.05, 4.69) is 49.8 Å². The van der Waals surface area contributed by atoms with Crippen molar-refractivity contribution in [2.24, 2.45) is 11.3 Å². The molecule has 1 aromatic heterocycles. The van der Waals surface area contributed by atoms with E-state index in [4.69, 9.17) is 0 Å². The molecule has 0 saturated carbocycles. The number of hydrogen-bond acceptors (Lipinski definition) is 2. The first kappa shape index (κ1) is 14.7. The highest BCUT2D eigenvalue weighted by atomic mass is 32.1. The van der Waals surface area contributed by atoms with Crippen LogP contribution in [0.1, 0.15) is 46.1 Å². The van der Waals surface area contributed by atoms with Gasteiger partial charge in [0.15, 0.2) is 0 Å². The lowest BCUT2D eigenvalue weighted by Crippen LogP contribution is -2.32. The Hall–Kier alpha value is -0.340. The lowest BCUT2D eigenvalue weighted by Gasteiger charge is -2.31. The van der Waals surface area contributed by atoms with Gasteiger partial charge in [-0.25, -0.2) is 0 Å². The fourth-order valence-electron chi connectivity index (χ4n) is 2.07. The van der Waals surface area contributed by atoms with Gasteiger partial charge in [0.05, 0.1) is 0 Å². The maximum absolute atomic E-state index is 3.57. The van der Waals surface area contributed by atoms with Crippen molar-refractivity contribution in [3.05, 3.63) is 22.4 Å². The van der Waals surface area contributed by atoms with Crippen LogP contribution >= 0.6 is 11.3 Å². The molecule has 1 nitrogen and oxygen atoms in total. The van der Waals surface area contributed by atoms with E-state index in [9.17, 15) is 0 Å². The number of hydrogen-bond donors (Lipinski definition) is 1. The lowest BCUT2D eigenvalue weighted by molar-refractivity contribution is 0.219. The zero-order valence-electron chi connectivity index (χ0n) is 11.8. The van der Waals surface area contributed by atoms with Gasteiger partial charge in [-0.2, -0.15) is 11.3 Å². The Kier molecular flexibility index (Phi) is 6.21. The van der Waals surface area contributed by atoms with Crippen molar-refractivity contribution in [2.75, 3.05) is 13.1 Å². The SMILES string of the molecule is CCCNCC(CCc1ccsc1)C(C)(C)C. The topological polar surface area (TPSA) is 12.0 Å². The Bertz CT molecular complexity index is 284. The van der Waals surface area contributed by atoms with Gasteiger partial charge in [-0.3, -0.25) is 0 Å². The highest BCUT2D eigenvalue weighted by molar-refractivity contribution is 7.07. The first-order valence-electron chi connectivity index (χ1n) is 6.76. The maximum Gasteiger partial charge on any atom is -0.00154 e. The number of nitrogens with one attached hydrogen (secondary N) is 1. The van der Waals surface area contributed by atoms with Gasteiger partial charge < -0.3 is 5.32 Å². The van der Waals surface area contributed by atoms with Crippen molar-refractivity contribution < 1.29 is 0 Å². The van der Waals surface area contributed by atoms with Crippen molar-refractivity contribution in [1.82, 2.24) is 5.32 Å². The van der Waals surface area contributed by atoms with E-state index in [0.717, 1.165) is 19.0 Å². The summed E-state index contributed by atoms with van der Waals surface area (Å²) >= 11 is 1.80. The Morgan fingerprint density at radius 1 is 1.35 bits per heavy atom. The molecule has 0 aliphatic heterocycles. The summed E-state index contributed by atoms with van der Waals surface area (Å²) in [6.07, 6.45) is 3.73. The second-order valence-electron chi connectivity index (χ2n) is 5.94. The minimum absolute atomic E-state index is 0.400. The summed E-state index contributed by atoms with van der Waals surface area (Å²) in [5.41, 5.74) is 1.90. The largest absolute Gasteiger partial charge is 0.316 e. The molecule has 0 radical (unpaired) electrons. The van der Waals surface area contributed by atoms with Gasteiger partial charge in [0.2, 0.25) is 0 Å². The highest BCUT2D eigenvalue weighted by Gasteiger charge is 2.23. The molecule has 0 bridgehead atoms. The van der Waals surface area contributed by atoms with Crippen LogP contribution in [0.15, 0.2) is 16.8 Å². The molecule has 1 N–H and O–H groups in total. The van der Waals surface area contributed by atoms with Gasteiger partial charge >= 0.3 is 0 Å². The molecule has 1 atom stereocenters. The molecule has 0 aromatic carbocycles. The van der Waals surface area contributed by atoms with Gasteiger partial charge in [-0.1, -0.05) is 27.7 Å². The second-order valence-corrected chi connectivity index (χ2v) is 6.72. The summed E-state index contributed by atoms with van der Waals surface area (Å²) in [5.74, 6) is 0.758. The van der Waals surface area contributed by atoms with E-state index in [1.165, 1.54) is 24.8 Å². The van der Waals surface area contributed by atoms with Crippen LogP contribution < -0.4 is 5.32 Å². The third kappa shape index (κ3) is 5.69. The van der Waals surface area contributed by atoms with E-state index in [0.29, 0.717) is 5.41 Å². The molecule has 0 fully saturated rings. The van der Waals surface area contributed by atoms with Crippen molar-refractivity contribution >= 4 is 11.3 Å². The average molecular weight is 253 g/mol. The average Bonchev–Trinajstić information content (AvgIpc) is 2.74. The Morgan fingerprint density at radius 2 is 2.12 bits per heavy atom. The Morgan fingerprint density at radius 3 is 2.65 bits per heavy atom. The summed E-state index contributed by atoms with van der Waals surface area (Å²) in [6.45, 7) is 11.6. The van der Waals surface area contributed by atoms with Crippen LogP contribution in [0.3, 0.4) is 0 Å². The first-order valence-corrected chi connectivity index (χ1v) is 7.70. The van der Waals surface area contributed by atoms with E-state index < -0.39 is 0 Å². The molecule has 0 aliphatic carbocycles. The van der Waals surface area contributed by atoms with Crippen LogP contribution in [-0.4, -0.2) is 13.1 Å². The fraction of sp³-hybridized carbons (Fsp3) is 0.733. The zero-order valence-corrected chi connectivity index (χ0v) is 12.6. The van der Waals surface area contributed by atoms with Gasteiger partial charge in [-0.05, 0) is 66.1 Å². The van der Waals surface area contributed by atoms with Crippen LogP contribution in [0.5, 0.6) is 0 Å². The molecule has 17 heavy (non-hydrogen) atoms. The van der Waals surface area contributed by atoms with Crippen molar-refractivity contribution in [3.63, 3.8) is 0 Å². The summed E-state index contributed by atoms with van der Waals surface area (Å²) in [4.78, 5) is 0. The monoisotopic (exact) mass is 253 g/mol. The zero-order chi connectivity index (χ0) is 12.7. The van der Waals surface area contributed by atoms with Crippen LogP contribution in [0, 0.1) is 11.3 Å². The number of aryl methyl sites for hydroxylation is 1. The van der Waals surface area contributed by atoms with Gasteiger partial charge in [0, 0.05) is 0 Å². The van der Waals surface area contributed by atoms with Crippen LogP contribution in [-0.2, 0) is 6.42 Å². The molecule has 1 rings (SSSR count). The van der Waals surface area contributed by atoms with Crippen LogP contribution in [0.4, 0.5) is 0 Å². The molecule has 0 aliphatic rings. The lowest BCUT2D eigenvalue weighted by atomic mass is 9.77. The molecule has 0 saturated heterocycles. The van der Waals surface area contributed by atoms with Crippen LogP contribution in [0.2, 0.25) is 0 Å². The third-order valence-electron chi connectivity index (χ3n) is 3.40. The van der Waals surface area contributed by atoms with Gasteiger partial charge in [0.25, 0.3) is 0 Å². The molecule has 1 heterocycles. The van der Waals surface area contributed by atoms with E-state index in [1.54, 1.807) is 11.3 Å². The minimum Gasteiger partial charge on any atom is -0.316 e. The van der Waals surface area contributed by atoms with E-state index in [1.807, 2.05) is 0 Å². The first-order chi connectivity index (χ1) is 8.04. The Balaban J connectivity index is 2.40. The highest BCUT2D eigenvalue weighted by Crippen LogP contribution is 2.29. The van der Waals surface area contributed by atoms with E-state index in [-0.39, 0.29) is 0 Å². The second kappa shape index (κ2) is 7.17. The van der Waals surface area contributed by atoms with Gasteiger partial charge in [0.1, 0.15) is 0 Å². The quantitative estimate of drug-likeness (QED) is 0.713. The predicted octanol–water partition coefficient (Wildman–Crippen LogP) is 4.34. The summed E-state index contributed by atoms with van der Waals surface area (Å²) in [5, 5.41) is 8.03. The molecule has 1 unspecified atom stereocenters. The summed E-state index contributed by atoms with van der Waals surface area (Å²) < 4.78 is 0. The van der Waals surface area contributed by atoms with Gasteiger partial charge in [-0.15, -0.1) is 0 Å². The molecule has 98 valence electrons. The molecular formula is C15H27NS. The molecular weight excluding hydrogens is 226 g/mol.